The monoisotopic (exact) mass is 230 g/mol. The molecular weight excluding hydrogens is 216 g/mol. The minimum Gasteiger partial charge on any atom is -0.396 e. The highest BCUT2D eigenvalue weighted by Gasteiger charge is 2.15. The van der Waals surface area contributed by atoms with Crippen LogP contribution in [-0.4, -0.2) is 20.1 Å². The van der Waals surface area contributed by atoms with Gasteiger partial charge in [0.25, 0.3) is 10.2 Å². The van der Waals surface area contributed by atoms with E-state index < -0.39 is 16.3 Å². The third kappa shape index (κ3) is 4.39. The summed E-state index contributed by atoms with van der Waals surface area (Å²) in [5, 5.41) is 13.7. The summed E-state index contributed by atoms with van der Waals surface area (Å²) in [4.78, 5) is 0. The van der Waals surface area contributed by atoms with E-state index in [4.69, 9.17) is 10.2 Å². The molecule has 0 amide bonds. The SMILES string of the molecule is NS(=O)(=O)N[C@H](CCO)c1ccccc1. The Morgan fingerprint density at radius 3 is 2.40 bits per heavy atom. The molecule has 1 aromatic carbocycles. The lowest BCUT2D eigenvalue weighted by molar-refractivity contribution is 0.272. The molecule has 0 radical (unpaired) electrons. The van der Waals surface area contributed by atoms with Crippen molar-refractivity contribution in [3.05, 3.63) is 35.9 Å². The normalized spacial score (nSPS) is 13.7. The van der Waals surface area contributed by atoms with E-state index in [1.807, 2.05) is 6.07 Å². The van der Waals surface area contributed by atoms with E-state index in [9.17, 15) is 8.42 Å². The molecule has 0 fully saturated rings. The van der Waals surface area contributed by atoms with Crippen LogP contribution in [0.25, 0.3) is 0 Å². The minimum atomic E-state index is -3.75. The van der Waals surface area contributed by atoms with Crippen molar-refractivity contribution in [3.8, 4) is 0 Å². The number of rotatable bonds is 5. The first kappa shape index (κ1) is 12.1. The molecule has 0 aliphatic rings. The summed E-state index contributed by atoms with van der Waals surface area (Å²) in [6, 6.07) is 8.49. The molecule has 0 aromatic heterocycles. The molecule has 6 heteroatoms. The topological polar surface area (TPSA) is 92.4 Å². The van der Waals surface area contributed by atoms with Crippen molar-refractivity contribution < 1.29 is 13.5 Å². The van der Waals surface area contributed by atoms with Crippen LogP contribution in [0.4, 0.5) is 0 Å². The average molecular weight is 230 g/mol. The fraction of sp³-hybridized carbons (Fsp3) is 0.333. The van der Waals surface area contributed by atoms with Crippen molar-refractivity contribution in [2.24, 2.45) is 5.14 Å². The van der Waals surface area contributed by atoms with Crippen LogP contribution in [0.2, 0.25) is 0 Å². The van der Waals surface area contributed by atoms with E-state index in [0.29, 0.717) is 6.42 Å². The minimum absolute atomic E-state index is 0.109. The summed E-state index contributed by atoms with van der Waals surface area (Å²) < 4.78 is 24.0. The molecular formula is C9H14N2O3S. The smallest absolute Gasteiger partial charge is 0.274 e. The standard InChI is InChI=1S/C9H14N2O3S/c10-15(13,14)11-9(6-7-12)8-4-2-1-3-5-8/h1-5,9,11-12H,6-7H2,(H2,10,13,14)/t9-/m1/s1. The van der Waals surface area contributed by atoms with E-state index >= 15 is 0 Å². The molecule has 5 nitrogen and oxygen atoms in total. The van der Waals surface area contributed by atoms with Crippen molar-refractivity contribution in [2.75, 3.05) is 6.61 Å². The number of hydrogen-bond donors (Lipinski definition) is 3. The van der Waals surface area contributed by atoms with E-state index in [2.05, 4.69) is 4.72 Å². The van der Waals surface area contributed by atoms with Crippen LogP contribution in [0.1, 0.15) is 18.0 Å². The Kier molecular flexibility index (Phi) is 4.22. The second-order valence-corrected chi connectivity index (χ2v) is 4.46. The first-order chi connectivity index (χ1) is 7.03. The number of nitrogens with one attached hydrogen (secondary N) is 1. The molecule has 0 spiro atoms. The highest BCUT2D eigenvalue weighted by atomic mass is 32.2. The largest absolute Gasteiger partial charge is 0.396 e. The maximum atomic E-state index is 10.9. The molecule has 1 aromatic rings. The lowest BCUT2D eigenvalue weighted by Gasteiger charge is -2.16. The fourth-order valence-electron chi connectivity index (χ4n) is 1.31. The van der Waals surface area contributed by atoms with Gasteiger partial charge in [0.2, 0.25) is 0 Å². The van der Waals surface area contributed by atoms with Crippen molar-refractivity contribution in [3.63, 3.8) is 0 Å². The second kappa shape index (κ2) is 5.22. The van der Waals surface area contributed by atoms with Crippen molar-refractivity contribution in [1.29, 1.82) is 0 Å². The van der Waals surface area contributed by atoms with Gasteiger partial charge in [-0.3, -0.25) is 0 Å². The van der Waals surface area contributed by atoms with Gasteiger partial charge in [0.1, 0.15) is 0 Å². The summed E-state index contributed by atoms with van der Waals surface area (Å²) in [5.74, 6) is 0. The maximum Gasteiger partial charge on any atom is 0.274 e. The number of nitrogens with two attached hydrogens (primary N) is 1. The predicted octanol–water partition coefficient (Wildman–Crippen LogP) is -0.0968. The molecule has 15 heavy (non-hydrogen) atoms. The highest BCUT2D eigenvalue weighted by molar-refractivity contribution is 7.87. The number of hydrogen-bond acceptors (Lipinski definition) is 3. The summed E-state index contributed by atoms with van der Waals surface area (Å²) in [5.41, 5.74) is 0.778. The molecule has 4 N–H and O–H groups in total. The van der Waals surface area contributed by atoms with Crippen LogP contribution >= 0.6 is 0 Å². The Morgan fingerprint density at radius 1 is 1.33 bits per heavy atom. The van der Waals surface area contributed by atoms with Gasteiger partial charge in [-0.25, -0.2) is 5.14 Å². The maximum absolute atomic E-state index is 10.9. The van der Waals surface area contributed by atoms with Gasteiger partial charge in [0, 0.05) is 6.61 Å². The van der Waals surface area contributed by atoms with Gasteiger partial charge in [-0.05, 0) is 12.0 Å². The lowest BCUT2D eigenvalue weighted by Crippen LogP contribution is -2.34. The van der Waals surface area contributed by atoms with Crippen molar-refractivity contribution in [2.45, 2.75) is 12.5 Å². The summed E-state index contributed by atoms with van der Waals surface area (Å²) in [6.07, 6.45) is 0.292. The first-order valence-electron chi connectivity index (χ1n) is 4.49. The van der Waals surface area contributed by atoms with Gasteiger partial charge >= 0.3 is 0 Å². The molecule has 1 rings (SSSR count). The van der Waals surface area contributed by atoms with Gasteiger partial charge in [-0.1, -0.05) is 30.3 Å². The van der Waals surface area contributed by atoms with Crippen LogP contribution in [0.15, 0.2) is 30.3 Å². The summed E-state index contributed by atoms with van der Waals surface area (Å²) in [6.45, 7) is -0.109. The van der Waals surface area contributed by atoms with E-state index in [1.54, 1.807) is 24.3 Å². The zero-order chi connectivity index (χ0) is 11.3. The van der Waals surface area contributed by atoms with E-state index in [1.165, 1.54) is 0 Å². The van der Waals surface area contributed by atoms with Gasteiger partial charge in [-0.2, -0.15) is 13.1 Å². The predicted molar refractivity (Wildman–Crippen MR) is 57.1 cm³/mol. The van der Waals surface area contributed by atoms with Crippen LogP contribution in [0.3, 0.4) is 0 Å². The quantitative estimate of drug-likeness (QED) is 0.659. The number of aliphatic hydroxyl groups excluding tert-OH is 1. The molecule has 0 bridgehead atoms. The third-order valence-corrected chi connectivity index (χ3v) is 2.54. The van der Waals surface area contributed by atoms with Crippen molar-refractivity contribution >= 4 is 10.2 Å². The van der Waals surface area contributed by atoms with Crippen molar-refractivity contribution in [1.82, 2.24) is 4.72 Å². The molecule has 0 heterocycles. The van der Waals surface area contributed by atoms with E-state index in [-0.39, 0.29) is 6.61 Å². The van der Waals surface area contributed by atoms with Crippen LogP contribution in [-0.2, 0) is 10.2 Å². The molecule has 0 aliphatic carbocycles. The Morgan fingerprint density at radius 2 is 1.93 bits per heavy atom. The second-order valence-electron chi connectivity index (χ2n) is 3.14. The molecule has 0 saturated carbocycles. The van der Waals surface area contributed by atoms with Gasteiger partial charge < -0.3 is 5.11 Å². The summed E-state index contributed by atoms with van der Waals surface area (Å²) >= 11 is 0. The fourth-order valence-corrected chi connectivity index (χ4v) is 1.96. The van der Waals surface area contributed by atoms with Gasteiger partial charge in [0.05, 0.1) is 6.04 Å². The highest BCUT2D eigenvalue weighted by Crippen LogP contribution is 2.16. The Hall–Kier alpha value is -0.950. The Bertz CT molecular complexity index is 391. The first-order valence-corrected chi connectivity index (χ1v) is 6.03. The zero-order valence-electron chi connectivity index (χ0n) is 8.13. The number of aliphatic hydroxyl groups is 1. The van der Waals surface area contributed by atoms with Gasteiger partial charge in [0.15, 0.2) is 0 Å². The average Bonchev–Trinajstić information content (AvgIpc) is 2.17. The van der Waals surface area contributed by atoms with Crippen LogP contribution < -0.4 is 9.86 Å². The van der Waals surface area contributed by atoms with Crippen LogP contribution in [0.5, 0.6) is 0 Å². The lowest BCUT2D eigenvalue weighted by atomic mass is 10.1. The molecule has 1 atom stereocenters. The molecule has 0 saturated heterocycles. The molecule has 0 aliphatic heterocycles. The third-order valence-electron chi connectivity index (χ3n) is 1.93. The molecule has 84 valence electrons. The number of benzene rings is 1. The van der Waals surface area contributed by atoms with E-state index in [0.717, 1.165) is 5.56 Å². The molecule has 0 unspecified atom stereocenters. The summed E-state index contributed by atoms with van der Waals surface area (Å²) in [7, 11) is -3.75. The Labute approximate surface area is 89.1 Å². The van der Waals surface area contributed by atoms with Gasteiger partial charge in [-0.15, -0.1) is 0 Å². The van der Waals surface area contributed by atoms with Crippen LogP contribution in [0, 0.1) is 0 Å². The zero-order valence-corrected chi connectivity index (χ0v) is 8.94. The Balaban J connectivity index is 2.84.